The summed E-state index contributed by atoms with van der Waals surface area (Å²) in [5, 5.41) is 0. The molecule has 0 saturated carbocycles. The van der Waals surface area contributed by atoms with Crippen LogP contribution >= 0.6 is 0 Å². The fourth-order valence-electron chi connectivity index (χ4n) is 1.90. The maximum atomic E-state index is 4.57. The van der Waals surface area contributed by atoms with Crippen molar-refractivity contribution in [2.24, 2.45) is 0 Å². The summed E-state index contributed by atoms with van der Waals surface area (Å²) in [6.07, 6.45) is 7.32. The lowest BCUT2D eigenvalue weighted by Gasteiger charge is -1.93. The van der Waals surface area contributed by atoms with Gasteiger partial charge in [-0.2, -0.15) is 0 Å². The largest absolute Gasteiger partial charge is 0.338 e. The van der Waals surface area contributed by atoms with E-state index in [-0.39, 0.29) is 0 Å². The highest BCUT2D eigenvalue weighted by molar-refractivity contribution is 5.80. The molecule has 74 valence electrons. The number of aromatic amines is 1. The molecular weight excluding hydrogens is 184 g/mol. The number of benzene rings is 1. The molecule has 0 saturated heterocycles. The van der Waals surface area contributed by atoms with E-state index in [1.807, 2.05) is 0 Å². The molecule has 0 aliphatic heterocycles. The highest BCUT2D eigenvalue weighted by atomic mass is 14.9. The fourth-order valence-corrected chi connectivity index (χ4v) is 1.90. The third-order valence-corrected chi connectivity index (χ3v) is 2.71. The Labute approximate surface area is 88.3 Å². The fraction of sp³-hybridized carbons (Fsp3) is 0.154. The van der Waals surface area contributed by atoms with E-state index in [0.717, 1.165) is 23.3 Å². The van der Waals surface area contributed by atoms with Gasteiger partial charge in [-0.3, -0.25) is 0 Å². The van der Waals surface area contributed by atoms with Gasteiger partial charge in [0.25, 0.3) is 0 Å². The van der Waals surface area contributed by atoms with Crippen molar-refractivity contribution in [2.45, 2.75) is 13.3 Å². The van der Waals surface area contributed by atoms with Gasteiger partial charge in [-0.25, -0.2) is 4.98 Å². The number of hydrogen-bond acceptors (Lipinski definition) is 1. The minimum Gasteiger partial charge on any atom is -0.338 e. The van der Waals surface area contributed by atoms with Crippen LogP contribution in [0.3, 0.4) is 0 Å². The smallest absolute Gasteiger partial charge is 0.134 e. The van der Waals surface area contributed by atoms with Crippen LogP contribution < -0.4 is 0 Å². The number of rotatable bonds is 1. The van der Waals surface area contributed by atoms with Gasteiger partial charge in [0.05, 0.1) is 11.0 Å². The van der Waals surface area contributed by atoms with E-state index < -0.39 is 0 Å². The number of fused-ring (bicyclic) bond motifs is 1. The number of H-pyrrole nitrogens is 1. The molecule has 0 amide bonds. The highest BCUT2D eigenvalue weighted by Crippen LogP contribution is 2.23. The van der Waals surface area contributed by atoms with E-state index >= 15 is 0 Å². The third kappa shape index (κ3) is 1.38. The van der Waals surface area contributed by atoms with Crippen LogP contribution in [-0.2, 0) is 0 Å². The van der Waals surface area contributed by atoms with Gasteiger partial charge in [0.2, 0.25) is 0 Å². The molecule has 2 aromatic rings. The minimum absolute atomic E-state index is 0.985. The highest BCUT2D eigenvalue weighted by Gasteiger charge is 2.08. The summed E-state index contributed by atoms with van der Waals surface area (Å²) in [5.74, 6) is 1.00. The van der Waals surface area contributed by atoms with Crippen molar-refractivity contribution in [3.05, 3.63) is 47.8 Å². The van der Waals surface area contributed by atoms with E-state index in [1.54, 1.807) is 0 Å². The summed E-state index contributed by atoms with van der Waals surface area (Å²) >= 11 is 0. The topological polar surface area (TPSA) is 28.7 Å². The van der Waals surface area contributed by atoms with E-state index in [1.165, 1.54) is 11.1 Å². The molecule has 0 unspecified atom stereocenters. The van der Waals surface area contributed by atoms with Crippen LogP contribution in [0.4, 0.5) is 0 Å². The number of allylic oxidation sites excluding steroid dienone is 4. The molecule has 2 nitrogen and oxygen atoms in total. The number of aromatic nitrogens is 2. The first kappa shape index (κ1) is 8.48. The monoisotopic (exact) mass is 196 g/mol. The van der Waals surface area contributed by atoms with Crippen LogP contribution in [0, 0.1) is 6.92 Å². The van der Waals surface area contributed by atoms with Gasteiger partial charge in [0.15, 0.2) is 0 Å². The predicted octanol–water partition coefficient (Wildman–Crippen LogP) is 3.21. The zero-order valence-corrected chi connectivity index (χ0v) is 8.62. The maximum absolute atomic E-state index is 4.57. The van der Waals surface area contributed by atoms with Crippen molar-refractivity contribution >= 4 is 16.6 Å². The molecule has 1 aliphatic rings. The molecule has 0 fully saturated rings. The van der Waals surface area contributed by atoms with E-state index in [4.69, 9.17) is 0 Å². The zero-order valence-electron chi connectivity index (χ0n) is 8.62. The average molecular weight is 196 g/mol. The van der Waals surface area contributed by atoms with Crippen LogP contribution in [0.25, 0.3) is 16.6 Å². The molecule has 1 aliphatic carbocycles. The van der Waals surface area contributed by atoms with Crippen LogP contribution in [0.5, 0.6) is 0 Å². The number of imidazole rings is 1. The number of aryl methyl sites for hydroxylation is 1. The molecule has 0 bridgehead atoms. The summed E-state index contributed by atoms with van der Waals surface area (Å²) in [6, 6.07) is 6.29. The molecule has 1 aromatic carbocycles. The van der Waals surface area contributed by atoms with Gasteiger partial charge in [-0.15, -0.1) is 0 Å². The molecule has 15 heavy (non-hydrogen) atoms. The Morgan fingerprint density at radius 1 is 1.33 bits per heavy atom. The normalized spacial score (nSPS) is 14.9. The first-order chi connectivity index (χ1) is 7.33. The van der Waals surface area contributed by atoms with Crippen LogP contribution in [0.2, 0.25) is 0 Å². The van der Waals surface area contributed by atoms with Gasteiger partial charge in [-0.1, -0.05) is 24.3 Å². The Bertz CT molecular complexity index is 573. The van der Waals surface area contributed by atoms with Crippen molar-refractivity contribution in [2.75, 3.05) is 0 Å². The second-order valence-corrected chi connectivity index (χ2v) is 3.93. The van der Waals surface area contributed by atoms with Crippen LogP contribution in [0.15, 0.2) is 36.4 Å². The Morgan fingerprint density at radius 2 is 2.27 bits per heavy atom. The third-order valence-electron chi connectivity index (χ3n) is 2.71. The molecule has 0 atom stereocenters. The lowest BCUT2D eigenvalue weighted by Crippen LogP contribution is -1.82. The predicted molar refractivity (Wildman–Crippen MR) is 62.6 cm³/mol. The van der Waals surface area contributed by atoms with Gasteiger partial charge in [0, 0.05) is 0 Å². The second kappa shape index (κ2) is 3.09. The summed E-state index contributed by atoms with van der Waals surface area (Å²) in [5.41, 5.74) is 4.70. The summed E-state index contributed by atoms with van der Waals surface area (Å²) < 4.78 is 0. The lowest BCUT2D eigenvalue weighted by atomic mass is 10.2. The van der Waals surface area contributed by atoms with Crippen molar-refractivity contribution < 1.29 is 0 Å². The zero-order chi connectivity index (χ0) is 10.3. The van der Waals surface area contributed by atoms with Crippen LogP contribution in [-0.4, -0.2) is 9.97 Å². The Kier molecular flexibility index (Phi) is 1.75. The standard InChI is InChI=1S/C13H12N2/c1-9-6-7-11-12(8-9)15-13(14-11)10-4-2-3-5-10/h2-4,6-8H,5H2,1H3,(H,14,15). The van der Waals surface area contributed by atoms with Crippen molar-refractivity contribution in [1.82, 2.24) is 9.97 Å². The Morgan fingerprint density at radius 3 is 3.07 bits per heavy atom. The van der Waals surface area contributed by atoms with Gasteiger partial charge in [-0.05, 0) is 36.6 Å². The molecule has 1 heterocycles. The molecule has 3 rings (SSSR count). The lowest BCUT2D eigenvalue weighted by molar-refractivity contribution is 1.23. The minimum atomic E-state index is 0.985. The molecule has 1 aromatic heterocycles. The van der Waals surface area contributed by atoms with E-state index in [9.17, 15) is 0 Å². The molecule has 0 spiro atoms. The van der Waals surface area contributed by atoms with Crippen molar-refractivity contribution in [3.63, 3.8) is 0 Å². The SMILES string of the molecule is Cc1ccc2nc(C3=CC=CC3)[nH]c2c1. The van der Waals surface area contributed by atoms with Crippen molar-refractivity contribution in [1.29, 1.82) is 0 Å². The summed E-state index contributed by atoms with van der Waals surface area (Å²) in [7, 11) is 0. The van der Waals surface area contributed by atoms with E-state index in [2.05, 4.69) is 53.3 Å². The number of nitrogens with one attached hydrogen (secondary N) is 1. The maximum Gasteiger partial charge on any atom is 0.134 e. The second-order valence-electron chi connectivity index (χ2n) is 3.93. The van der Waals surface area contributed by atoms with Gasteiger partial charge < -0.3 is 4.98 Å². The van der Waals surface area contributed by atoms with Crippen LogP contribution in [0.1, 0.15) is 17.8 Å². The van der Waals surface area contributed by atoms with Gasteiger partial charge in [0.1, 0.15) is 5.82 Å². The quantitative estimate of drug-likeness (QED) is 0.745. The van der Waals surface area contributed by atoms with Crippen molar-refractivity contribution in [3.8, 4) is 0 Å². The Balaban J connectivity index is 2.14. The first-order valence-corrected chi connectivity index (χ1v) is 5.15. The Hall–Kier alpha value is -1.83. The average Bonchev–Trinajstić information content (AvgIpc) is 2.84. The molecule has 1 N–H and O–H groups in total. The molecule has 0 radical (unpaired) electrons. The number of hydrogen-bond donors (Lipinski definition) is 1. The summed E-state index contributed by atoms with van der Waals surface area (Å²) in [4.78, 5) is 7.93. The molecule has 2 heteroatoms. The number of nitrogens with zero attached hydrogens (tertiary/aromatic N) is 1. The van der Waals surface area contributed by atoms with Gasteiger partial charge >= 0.3 is 0 Å². The molecular formula is C13H12N2. The summed E-state index contributed by atoms with van der Waals surface area (Å²) in [6.45, 7) is 2.09. The van der Waals surface area contributed by atoms with E-state index in [0.29, 0.717) is 0 Å². The first-order valence-electron chi connectivity index (χ1n) is 5.15.